The van der Waals surface area contributed by atoms with Gasteiger partial charge in [0.2, 0.25) is 17.2 Å². The molecule has 1 N–H and O–H groups in total. The van der Waals surface area contributed by atoms with Crippen molar-refractivity contribution in [2.75, 3.05) is 23.3 Å². The van der Waals surface area contributed by atoms with Gasteiger partial charge in [-0.05, 0) is 49.6 Å². The monoisotopic (exact) mass is 295 g/mol. The van der Waals surface area contributed by atoms with Crippen LogP contribution in [0.4, 0.5) is 11.9 Å². The Morgan fingerprint density at radius 2 is 2.00 bits per heavy atom. The van der Waals surface area contributed by atoms with E-state index >= 15 is 0 Å². The fraction of sp³-hybridized carbons (Fsp3) is 0.786. The molecule has 1 aliphatic heterocycles. The molecule has 20 heavy (non-hydrogen) atoms. The number of anilines is 2. The van der Waals surface area contributed by atoms with E-state index in [-0.39, 0.29) is 5.28 Å². The first kappa shape index (κ1) is 13.9. The molecular formula is C14H22ClN5. The van der Waals surface area contributed by atoms with Crippen LogP contribution in [0.25, 0.3) is 0 Å². The molecule has 110 valence electrons. The van der Waals surface area contributed by atoms with E-state index in [9.17, 15) is 0 Å². The minimum atomic E-state index is 0.288. The molecule has 1 aromatic heterocycles. The number of aromatic nitrogens is 3. The van der Waals surface area contributed by atoms with Crippen LogP contribution >= 0.6 is 11.6 Å². The molecule has 2 atom stereocenters. The molecule has 0 radical (unpaired) electrons. The molecule has 1 aromatic rings. The zero-order chi connectivity index (χ0) is 13.9. The van der Waals surface area contributed by atoms with Gasteiger partial charge in [-0.3, -0.25) is 0 Å². The lowest BCUT2D eigenvalue weighted by molar-refractivity contribution is 0.567. The second kappa shape index (κ2) is 6.12. The number of hydrogen-bond donors (Lipinski definition) is 1. The maximum Gasteiger partial charge on any atom is 0.231 e. The van der Waals surface area contributed by atoms with Crippen LogP contribution in [0.2, 0.25) is 5.28 Å². The predicted octanol–water partition coefficient (Wildman–Crippen LogP) is 3.12. The van der Waals surface area contributed by atoms with Gasteiger partial charge in [0, 0.05) is 19.1 Å². The smallest absolute Gasteiger partial charge is 0.231 e. The molecule has 0 bridgehead atoms. The van der Waals surface area contributed by atoms with E-state index in [0.717, 1.165) is 25.0 Å². The highest BCUT2D eigenvalue weighted by Crippen LogP contribution is 2.36. The molecule has 2 unspecified atom stereocenters. The molecular weight excluding hydrogens is 274 g/mol. The summed E-state index contributed by atoms with van der Waals surface area (Å²) in [5.74, 6) is 2.13. The summed E-state index contributed by atoms with van der Waals surface area (Å²) in [5.41, 5.74) is 0. The number of hydrogen-bond acceptors (Lipinski definition) is 5. The van der Waals surface area contributed by atoms with Gasteiger partial charge in [0.1, 0.15) is 0 Å². The molecule has 2 fully saturated rings. The standard InChI is InChI=1S/C14H22ClN5/c1-2-6-10-9-11(10)16-13-17-12(15)18-14(19-13)20-7-4-3-5-8-20/h10-11H,2-9H2,1H3,(H,16,17,18,19). The lowest BCUT2D eigenvalue weighted by atomic mass is 10.1. The van der Waals surface area contributed by atoms with E-state index in [2.05, 4.69) is 32.1 Å². The molecule has 0 spiro atoms. The number of nitrogens with one attached hydrogen (secondary N) is 1. The second-order valence-electron chi connectivity index (χ2n) is 5.81. The van der Waals surface area contributed by atoms with Crippen molar-refractivity contribution in [3.63, 3.8) is 0 Å². The number of halogens is 1. The van der Waals surface area contributed by atoms with Crippen molar-refractivity contribution >= 4 is 23.5 Å². The normalized spacial score (nSPS) is 25.6. The number of piperidine rings is 1. The zero-order valence-electron chi connectivity index (χ0n) is 12.0. The van der Waals surface area contributed by atoms with E-state index in [1.165, 1.54) is 38.5 Å². The van der Waals surface area contributed by atoms with Crippen LogP contribution in [0, 0.1) is 5.92 Å². The van der Waals surface area contributed by atoms with Crippen molar-refractivity contribution < 1.29 is 0 Å². The SMILES string of the molecule is CCCC1CC1Nc1nc(Cl)nc(N2CCCCC2)n1. The average Bonchev–Trinajstić information content (AvgIpc) is 3.17. The Morgan fingerprint density at radius 3 is 2.75 bits per heavy atom. The van der Waals surface area contributed by atoms with Crippen LogP contribution < -0.4 is 10.2 Å². The van der Waals surface area contributed by atoms with Crippen LogP contribution in [0.5, 0.6) is 0 Å². The second-order valence-corrected chi connectivity index (χ2v) is 6.15. The summed E-state index contributed by atoms with van der Waals surface area (Å²) in [6.45, 7) is 4.26. The molecule has 5 nitrogen and oxygen atoms in total. The lowest BCUT2D eigenvalue weighted by Crippen LogP contribution is -2.31. The maximum absolute atomic E-state index is 6.04. The van der Waals surface area contributed by atoms with Gasteiger partial charge in [0.15, 0.2) is 0 Å². The van der Waals surface area contributed by atoms with Gasteiger partial charge in [0.05, 0.1) is 0 Å². The summed E-state index contributed by atoms with van der Waals surface area (Å²) >= 11 is 6.04. The highest BCUT2D eigenvalue weighted by atomic mass is 35.5. The third kappa shape index (κ3) is 3.32. The van der Waals surface area contributed by atoms with Gasteiger partial charge < -0.3 is 10.2 Å². The Bertz CT molecular complexity index is 461. The van der Waals surface area contributed by atoms with E-state index < -0.39 is 0 Å². The molecule has 1 saturated heterocycles. The van der Waals surface area contributed by atoms with Crippen LogP contribution in [-0.4, -0.2) is 34.1 Å². The van der Waals surface area contributed by atoms with Crippen molar-refractivity contribution in [3.8, 4) is 0 Å². The Balaban J connectivity index is 1.67. The molecule has 0 amide bonds. The predicted molar refractivity (Wildman–Crippen MR) is 81.3 cm³/mol. The molecule has 2 aliphatic rings. The number of rotatable bonds is 5. The van der Waals surface area contributed by atoms with E-state index in [0.29, 0.717) is 12.0 Å². The molecule has 1 aliphatic carbocycles. The average molecular weight is 296 g/mol. The summed E-state index contributed by atoms with van der Waals surface area (Å²) in [5, 5.41) is 3.69. The van der Waals surface area contributed by atoms with Crippen LogP contribution in [0.1, 0.15) is 45.4 Å². The van der Waals surface area contributed by atoms with Crippen molar-refractivity contribution in [2.24, 2.45) is 5.92 Å². The van der Waals surface area contributed by atoms with Gasteiger partial charge >= 0.3 is 0 Å². The topological polar surface area (TPSA) is 53.9 Å². The summed E-state index contributed by atoms with van der Waals surface area (Å²) in [4.78, 5) is 15.2. The summed E-state index contributed by atoms with van der Waals surface area (Å²) in [6.07, 6.45) is 7.42. The van der Waals surface area contributed by atoms with Crippen molar-refractivity contribution in [2.45, 2.75) is 51.5 Å². The zero-order valence-corrected chi connectivity index (χ0v) is 12.7. The van der Waals surface area contributed by atoms with Gasteiger partial charge in [-0.15, -0.1) is 0 Å². The van der Waals surface area contributed by atoms with Crippen molar-refractivity contribution in [3.05, 3.63) is 5.28 Å². The summed E-state index contributed by atoms with van der Waals surface area (Å²) in [7, 11) is 0. The third-order valence-corrected chi connectivity index (χ3v) is 4.30. The Kier molecular flexibility index (Phi) is 4.24. The first-order chi connectivity index (χ1) is 9.76. The number of nitrogens with zero attached hydrogens (tertiary/aromatic N) is 4. The quantitative estimate of drug-likeness (QED) is 0.904. The molecule has 3 rings (SSSR count). The summed E-state index contributed by atoms with van der Waals surface area (Å²) in [6, 6.07) is 0.516. The highest BCUT2D eigenvalue weighted by molar-refractivity contribution is 6.28. The van der Waals surface area contributed by atoms with Crippen LogP contribution in [-0.2, 0) is 0 Å². The van der Waals surface area contributed by atoms with Gasteiger partial charge in [-0.2, -0.15) is 15.0 Å². The minimum Gasteiger partial charge on any atom is -0.351 e. The Labute approximate surface area is 125 Å². The molecule has 2 heterocycles. The fourth-order valence-corrected chi connectivity index (χ4v) is 3.08. The van der Waals surface area contributed by atoms with Crippen molar-refractivity contribution in [1.29, 1.82) is 0 Å². The molecule has 6 heteroatoms. The van der Waals surface area contributed by atoms with Gasteiger partial charge in [0.25, 0.3) is 0 Å². The molecule has 0 aromatic carbocycles. The van der Waals surface area contributed by atoms with Gasteiger partial charge in [-0.25, -0.2) is 0 Å². The van der Waals surface area contributed by atoms with E-state index in [4.69, 9.17) is 11.6 Å². The van der Waals surface area contributed by atoms with E-state index in [1.807, 2.05) is 0 Å². The highest BCUT2D eigenvalue weighted by Gasteiger charge is 2.36. The Hall–Kier alpha value is -1.10. The minimum absolute atomic E-state index is 0.288. The third-order valence-electron chi connectivity index (χ3n) is 4.13. The maximum atomic E-state index is 6.04. The fourth-order valence-electron chi connectivity index (χ4n) is 2.92. The molecule has 1 saturated carbocycles. The van der Waals surface area contributed by atoms with Crippen LogP contribution in [0.15, 0.2) is 0 Å². The van der Waals surface area contributed by atoms with Gasteiger partial charge in [-0.1, -0.05) is 13.3 Å². The largest absolute Gasteiger partial charge is 0.351 e. The van der Waals surface area contributed by atoms with E-state index in [1.54, 1.807) is 0 Å². The van der Waals surface area contributed by atoms with Crippen molar-refractivity contribution in [1.82, 2.24) is 15.0 Å². The summed E-state index contributed by atoms with van der Waals surface area (Å²) < 4.78 is 0. The first-order valence-electron chi connectivity index (χ1n) is 7.69. The first-order valence-corrected chi connectivity index (χ1v) is 8.07. The van der Waals surface area contributed by atoms with Crippen LogP contribution in [0.3, 0.4) is 0 Å². The Morgan fingerprint density at radius 1 is 1.20 bits per heavy atom. The lowest BCUT2D eigenvalue weighted by Gasteiger charge is -2.26.